The van der Waals surface area contributed by atoms with Gasteiger partial charge in [0.1, 0.15) is 17.4 Å². The number of ketones is 1. The lowest BCUT2D eigenvalue weighted by Crippen LogP contribution is -2.18. The van der Waals surface area contributed by atoms with Crippen LogP contribution < -0.4 is 5.32 Å². The summed E-state index contributed by atoms with van der Waals surface area (Å²) in [6, 6.07) is 6.93. The summed E-state index contributed by atoms with van der Waals surface area (Å²) < 4.78 is 28.0. The zero-order valence-electron chi connectivity index (χ0n) is 18.4. The smallest absolute Gasteiger partial charge is 0.260 e. The number of carbonyl (C=O) groups is 2. The van der Waals surface area contributed by atoms with Gasteiger partial charge in [-0.25, -0.2) is 23.4 Å². The van der Waals surface area contributed by atoms with E-state index >= 15 is 0 Å². The van der Waals surface area contributed by atoms with Gasteiger partial charge in [0, 0.05) is 60.2 Å². The minimum Gasteiger partial charge on any atom is -0.310 e. The molecule has 1 N–H and O–H groups in total. The van der Waals surface area contributed by atoms with E-state index in [1.54, 1.807) is 48.4 Å². The molecule has 4 aromatic heterocycles. The van der Waals surface area contributed by atoms with Crippen molar-refractivity contribution in [3.05, 3.63) is 60.3 Å². The Kier molecular flexibility index (Phi) is 5.15. The van der Waals surface area contributed by atoms with Crippen LogP contribution >= 0.6 is 0 Å². The molecule has 1 fully saturated rings. The van der Waals surface area contributed by atoms with Gasteiger partial charge >= 0.3 is 0 Å². The highest BCUT2D eigenvalue weighted by Gasteiger charge is 2.61. The Bertz CT molecular complexity index is 1440. The fraction of sp³-hybridized carbons (Fsp3) is 0.250. The van der Waals surface area contributed by atoms with Crippen LogP contribution in [0.1, 0.15) is 35.8 Å². The average molecular weight is 462 g/mol. The molecule has 0 radical (unpaired) electrons. The number of nitrogens with one attached hydrogen (secondary N) is 1. The molecular formula is C24H20F2N6O2. The Balaban J connectivity index is 1.58. The molecule has 0 aliphatic heterocycles. The Morgan fingerprint density at radius 3 is 2.62 bits per heavy atom. The van der Waals surface area contributed by atoms with Crippen LogP contribution in [0.3, 0.4) is 0 Å². The lowest BCUT2D eigenvalue weighted by molar-refractivity contribution is -0.119. The second-order valence-corrected chi connectivity index (χ2v) is 8.24. The van der Waals surface area contributed by atoms with Gasteiger partial charge in [0.15, 0.2) is 11.6 Å². The predicted molar refractivity (Wildman–Crippen MR) is 121 cm³/mol. The summed E-state index contributed by atoms with van der Waals surface area (Å²) in [6.07, 6.45) is 6.45. The van der Waals surface area contributed by atoms with Crippen LogP contribution in [0.15, 0.2) is 49.1 Å². The first-order valence-corrected chi connectivity index (χ1v) is 10.8. The van der Waals surface area contributed by atoms with E-state index in [2.05, 4.69) is 20.4 Å². The molecule has 1 aliphatic carbocycles. The van der Waals surface area contributed by atoms with Crippen LogP contribution in [0, 0.1) is 12.8 Å². The number of rotatable bonds is 6. The Hall–Kier alpha value is -4.08. The van der Waals surface area contributed by atoms with E-state index in [1.807, 2.05) is 13.0 Å². The molecule has 0 aromatic carbocycles. The molecule has 0 unspecified atom stereocenters. The molecule has 0 bridgehead atoms. The van der Waals surface area contributed by atoms with Crippen LogP contribution in [0.4, 0.5) is 14.6 Å². The standard InChI is InChI=1S/C24H20F2N6O2/c1-3-20(33)19-7-13(2)16(12-27-19)15-8-14-11-28-21(31-23(34)17-10-24(17,25)26)9-18(14)30-22(15)32-6-4-5-29-32/h4-9,11-12,17H,3,10H2,1-2H3,(H,28,31,34)/t17-/m1/s1. The van der Waals surface area contributed by atoms with Gasteiger partial charge in [0.25, 0.3) is 5.92 Å². The zero-order valence-corrected chi connectivity index (χ0v) is 18.4. The van der Waals surface area contributed by atoms with Crippen molar-refractivity contribution in [2.45, 2.75) is 32.6 Å². The van der Waals surface area contributed by atoms with E-state index in [0.717, 1.165) is 16.7 Å². The average Bonchev–Trinajstić information content (AvgIpc) is 3.20. The topological polar surface area (TPSA) is 103 Å². The van der Waals surface area contributed by atoms with Crippen molar-refractivity contribution in [2.75, 3.05) is 5.32 Å². The van der Waals surface area contributed by atoms with Crippen molar-refractivity contribution in [3.8, 4) is 16.9 Å². The van der Waals surface area contributed by atoms with Crippen LogP contribution in [0.2, 0.25) is 0 Å². The van der Waals surface area contributed by atoms with E-state index in [9.17, 15) is 18.4 Å². The van der Waals surface area contributed by atoms with Crippen LogP contribution in [0.25, 0.3) is 27.8 Å². The number of amides is 1. The Morgan fingerprint density at radius 2 is 1.97 bits per heavy atom. The molecule has 5 rings (SSSR count). The van der Waals surface area contributed by atoms with Gasteiger partial charge in [-0.05, 0) is 30.7 Å². The molecule has 1 aliphatic rings. The van der Waals surface area contributed by atoms with Crippen LogP contribution in [0.5, 0.6) is 0 Å². The number of hydrogen-bond acceptors (Lipinski definition) is 6. The molecule has 1 atom stereocenters. The Morgan fingerprint density at radius 1 is 1.18 bits per heavy atom. The third kappa shape index (κ3) is 3.91. The van der Waals surface area contributed by atoms with Gasteiger partial charge in [-0.3, -0.25) is 14.6 Å². The number of pyridine rings is 3. The number of aromatic nitrogens is 5. The molecule has 172 valence electrons. The monoisotopic (exact) mass is 462 g/mol. The van der Waals surface area contributed by atoms with Gasteiger partial charge in [-0.15, -0.1) is 0 Å². The second kappa shape index (κ2) is 8.05. The summed E-state index contributed by atoms with van der Waals surface area (Å²) in [4.78, 5) is 37.4. The maximum absolute atomic E-state index is 13.2. The normalized spacial score (nSPS) is 16.4. The summed E-state index contributed by atoms with van der Waals surface area (Å²) in [5.74, 6) is -4.42. The number of alkyl halides is 2. The van der Waals surface area contributed by atoms with E-state index in [-0.39, 0.29) is 11.6 Å². The maximum atomic E-state index is 13.2. The largest absolute Gasteiger partial charge is 0.310 e. The number of anilines is 1. The van der Waals surface area contributed by atoms with Gasteiger partial charge in [-0.2, -0.15) is 5.10 Å². The van der Waals surface area contributed by atoms with Crippen molar-refractivity contribution in [3.63, 3.8) is 0 Å². The summed E-state index contributed by atoms with van der Waals surface area (Å²) in [6.45, 7) is 3.68. The molecule has 34 heavy (non-hydrogen) atoms. The third-order valence-electron chi connectivity index (χ3n) is 5.80. The summed E-state index contributed by atoms with van der Waals surface area (Å²) >= 11 is 0. The number of Topliss-reactive ketones (excluding diaryl/α,β-unsaturated/α-hetero) is 1. The van der Waals surface area contributed by atoms with Crippen LogP contribution in [-0.4, -0.2) is 42.3 Å². The number of aryl methyl sites for hydroxylation is 1. The van der Waals surface area contributed by atoms with Crippen molar-refractivity contribution < 1.29 is 18.4 Å². The van der Waals surface area contributed by atoms with Crippen molar-refractivity contribution in [1.29, 1.82) is 0 Å². The Labute approximate surface area is 193 Å². The summed E-state index contributed by atoms with van der Waals surface area (Å²) in [7, 11) is 0. The highest BCUT2D eigenvalue weighted by molar-refractivity contribution is 5.97. The zero-order chi connectivity index (χ0) is 24.0. The number of halogens is 2. The molecule has 4 aromatic rings. The molecule has 0 saturated heterocycles. The number of hydrogen-bond donors (Lipinski definition) is 1. The molecule has 1 amide bonds. The lowest BCUT2D eigenvalue weighted by Gasteiger charge is -2.14. The lowest BCUT2D eigenvalue weighted by atomic mass is 10.0. The van der Waals surface area contributed by atoms with Gasteiger partial charge in [0.05, 0.1) is 5.52 Å². The molecule has 0 spiro atoms. The highest BCUT2D eigenvalue weighted by Crippen LogP contribution is 2.49. The highest BCUT2D eigenvalue weighted by atomic mass is 19.3. The van der Waals surface area contributed by atoms with E-state index < -0.39 is 24.2 Å². The first kappa shape index (κ1) is 21.7. The summed E-state index contributed by atoms with van der Waals surface area (Å²) in [5.41, 5.74) is 3.27. The maximum Gasteiger partial charge on any atom is 0.260 e. The fourth-order valence-corrected chi connectivity index (χ4v) is 3.78. The minimum absolute atomic E-state index is 0.0404. The number of carbonyl (C=O) groups excluding carboxylic acids is 2. The van der Waals surface area contributed by atoms with Crippen LogP contribution in [-0.2, 0) is 4.79 Å². The first-order valence-electron chi connectivity index (χ1n) is 10.8. The number of nitrogens with zero attached hydrogens (tertiary/aromatic N) is 5. The van der Waals surface area contributed by atoms with E-state index in [1.165, 1.54) is 6.20 Å². The molecular weight excluding hydrogens is 442 g/mol. The van der Waals surface area contributed by atoms with Gasteiger partial charge < -0.3 is 5.32 Å². The van der Waals surface area contributed by atoms with Gasteiger partial charge in [0.2, 0.25) is 5.91 Å². The predicted octanol–water partition coefficient (Wildman–Crippen LogP) is 4.37. The van der Waals surface area contributed by atoms with Gasteiger partial charge in [-0.1, -0.05) is 6.92 Å². The molecule has 10 heteroatoms. The quantitative estimate of drug-likeness (QED) is 0.427. The van der Waals surface area contributed by atoms with E-state index in [0.29, 0.717) is 28.8 Å². The third-order valence-corrected chi connectivity index (χ3v) is 5.80. The van der Waals surface area contributed by atoms with E-state index in [4.69, 9.17) is 4.98 Å². The molecule has 4 heterocycles. The first-order chi connectivity index (χ1) is 16.3. The number of fused-ring (bicyclic) bond motifs is 1. The van der Waals surface area contributed by atoms with Crippen molar-refractivity contribution in [2.24, 2.45) is 5.92 Å². The molecule has 1 saturated carbocycles. The van der Waals surface area contributed by atoms with Crippen molar-refractivity contribution >= 4 is 28.4 Å². The summed E-state index contributed by atoms with van der Waals surface area (Å²) in [5, 5.41) is 7.42. The molecule has 8 nitrogen and oxygen atoms in total. The van der Waals surface area contributed by atoms with Crippen molar-refractivity contribution in [1.82, 2.24) is 24.7 Å². The minimum atomic E-state index is -2.95. The fourth-order valence-electron chi connectivity index (χ4n) is 3.78. The SMILES string of the molecule is CCC(=O)c1cc(C)c(-c2cc3cnc(NC(=O)[C@H]4CC4(F)F)cc3nc2-n2cccn2)cn1. The second-order valence-electron chi connectivity index (χ2n) is 8.24.